The normalized spacial score (nSPS) is 15.0. The monoisotopic (exact) mass is 302 g/mol. The van der Waals surface area contributed by atoms with Crippen molar-refractivity contribution in [2.75, 3.05) is 0 Å². The van der Waals surface area contributed by atoms with Crippen LogP contribution in [0.1, 0.15) is 79.0 Å². The molecule has 0 aliphatic heterocycles. The predicted molar refractivity (Wildman–Crippen MR) is 97.8 cm³/mol. The first-order valence-corrected chi connectivity index (χ1v) is 8.37. The number of phenols is 1. The molecule has 0 spiro atoms. The van der Waals surface area contributed by atoms with Crippen molar-refractivity contribution in [1.82, 2.24) is 0 Å². The molecule has 0 radical (unpaired) electrons. The highest BCUT2D eigenvalue weighted by molar-refractivity contribution is 5.50. The van der Waals surface area contributed by atoms with Gasteiger partial charge in [0.05, 0.1) is 0 Å². The smallest absolute Gasteiger partial charge is 0.123 e. The van der Waals surface area contributed by atoms with Crippen molar-refractivity contribution in [1.29, 1.82) is 0 Å². The maximum Gasteiger partial charge on any atom is 0.123 e. The van der Waals surface area contributed by atoms with Crippen LogP contribution in [0.5, 0.6) is 5.75 Å². The number of hydrogen-bond acceptors (Lipinski definition) is 1. The van der Waals surface area contributed by atoms with E-state index in [9.17, 15) is 5.11 Å². The largest absolute Gasteiger partial charge is 0.507 e. The number of hydrogen-bond donors (Lipinski definition) is 1. The van der Waals surface area contributed by atoms with E-state index in [1.165, 1.54) is 11.1 Å². The van der Waals surface area contributed by atoms with Crippen LogP contribution in [0, 0.1) is 5.92 Å². The van der Waals surface area contributed by atoms with E-state index in [1.54, 1.807) is 0 Å². The number of aromatic hydroxyl groups is 1. The van der Waals surface area contributed by atoms with Crippen molar-refractivity contribution in [3.63, 3.8) is 0 Å². The second kappa shape index (κ2) is 6.48. The highest BCUT2D eigenvalue weighted by Gasteiger charge is 2.26. The number of allylic oxidation sites excluding steroid dienone is 2. The van der Waals surface area contributed by atoms with Gasteiger partial charge in [0.1, 0.15) is 5.75 Å². The van der Waals surface area contributed by atoms with Crippen molar-refractivity contribution in [3.8, 4) is 5.75 Å². The summed E-state index contributed by atoms with van der Waals surface area (Å²) in [6, 6.07) is 4.40. The third-order valence-electron chi connectivity index (χ3n) is 4.56. The molecule has 1 aromatic carbocycles. The van der Waals surface area contributed by atoms with E-state index in [2.05, 4.69) is 80.5 Å². The fourth-order valence-corrected chi connectivity index (χ4v) is 2.75. The molecule has 0 aliphatic carbocycles. The lowest BCUT2D eigenvalue weighted by molar-refractivity contribution is 0.422. The molecule has 1 nitrogen and oxygen atoms in total. The van der Waals surface area contributed by atoms with Crippen LogP contribution in [0.25, 0.3) is 0 Å². The maximum absolute atomic E-state index is 10.8. The van der Waals surface area contributed by atoms with Gasteiger partial charge < -0.3 is 5.11 Å². The Labute approximate surface area is 137 Å². The molecular formula is C21H34O. The first kappa shape index (κ1) is 18.8. The minimum absolute atomic E-state index is 0.0566. The average molecular weight is 303 g/mol. The molecule has 0 saturated carbocycles. The summed E-state index contributed by atoms with van der Waals surface area (Å²) < 4.78 is 0. The van der Waals surface area contributed by atoms with Gasteiger partial charge in [0, 0.05) is 0 Å². The van der Waals surface area contributed by atoms with Gasteiger partial charge in [-0.25, -0.2) is 0 Å². The van der Waals surface area contributed by atoms with Crippen LogP contribution in [0.4, 0.5) is 0 Å². The Hall–Kier alpha value is -1.24. The Morgan fingerprint density at radius 3 is 1.77 bits per heavy atom. The number of rotatable bonds is 3. The van der Waals surface area contributed by atoms with Gasteiger partial charge in [-0.1, -0.05) is 72.2 Å². The molecule has 0 heterocycles. The lowest BCUT2D eigenvalue weighted by Gasteiger charge is -2.28. The zero-order chi connectivity index (χ0) is 17.3. The molecule has 0 amide bonds. The molecule has 1 heteroatoms. The third-order valence-corrected chi connectivity index (χ3v) is 4.56. The molecule has 1 atom stereocenters. The Morgan fingerprint density at radius 1 is 1.05 bits per heavy atom. The van der Waals surface area contributed by atoms with E-state index in [0.717, 1.165) is 17.5 Å². The van der Waals surface area contributed by atoms with E-state index in [1.807, 2.05) is 0 Å². The highest BCUT2D eigenvalue weighted by atomic mass is 16.3. The first-order valence-electron chi connectivity index (χ1n) is 8.37. The molecule has 0 aliphatic rings. The highest BCUT2D eigenvalue weighted by Crippen LogP contribution is 2.40. The van der Waals surface area contributed by atoms with E-state index in [-0.39, 0.29) is 10.8 Å². The molecule has 1 aromatic rings. The Balaban J connectivity index is 3.42. The fraction of sp³-hybridized carbons (Fsp3) is 0.619. The third kappa shape index (κ3) is 4.38. The van der Waals surface area contributed by atoms with Crippen LogP contribution in [-0.2, 0) is 17.3 Å². The standard InChI is InChI=1S/C21H34O/c1-10-14(2)15(3)11-16-12-17(20(4,5)6)19(22)18(13-16)21(7,8)9/h10,12-13,15,22H,11H2,1-9H3. The molecule has 0 bridgehead atoms. The second-order valence-electron chi connectivity index (χ2n) is 8.68. The Kier molecular flexibility index (Phi) is 5.54. The summed E-state index contributed by atoms with van der Waals surface area (Å²) in [5.41, 5.74) is 4.74. The summed E-state index contributed by atoms with van der Waals surface area (Å²) in [5, 5.41) is 10.8. The lowest BCUT2D eigenvalue weighted by atomic mass is 9.77. The molecule has 1 rings (SSSR count). The van der Waals surface area contributed by atoms with Crippen LogP contribution in [0.15, 0.2) is 23.8 Å². The summed E-state index contributed by atoms with van der Waals surface area (Å²) in [5.74, 6) is 0.995. The Bertz CT molecular complexity index is 515. The quantitative estimate of drug-likeness (QED) is 0.666. The van der Waals surface area contributed by atoms with Crippen molar-refractivity contribution >= 4 is 0 Å². The topological polar surface area (TPSA) is 20.2 Å². The maximum atomic E-state index is 10.8. The molecule has 0 saturated heterocycles. The molecule has 0 fully saturated rings. The SMILES string of the molecule is CC=C(C)C(C)Cc1cc(C(C)(C)C)c(O)c(C(C)(C)C)c1. The fourth-order valence-electron chi connectivity index (χ4n) is 2.75. The van der Waals surface area contributed by atoms with E-state index < -0.39 is 0 Å². The molecule has 22 heavy (non-hydrogen) atoms. The van der Waals surface area contributed by atoms with E-state index in [4.69, 9.17) is 0 Å². The lowest BCUT2D eigenvalue weighted by Crippen LogP contribution is -2.18. The second-order valence-corrected chi connectivity index (χ2v) is 8.68. The van der Waals surface area contributed by atoms with Crippen molar-refractivity contribution in [2.24, 2.45) is 5.92 Å². The minimum Gasteiger partial charge on any atom is -0.507 e. The van der Waals surface area contributed by atoms with Crippen molar-refractivity contribution in [2.45, 2.75) is 79.6 Å². The van der Waals surface area contributed by atoms with Gasteiger partial charge in [0.25, 0.3) is 0 Å². The van der Waals surface area contributed by atoms with Gasteiger partial charge in [-0.3, -0.25) is 0 Å². The molecule has 1 N–H and O–H groups in total. The van der Waals surface area contributed by atoms with Crippen LogP contribution in [0.3, 0.4) is 0 Å². The molecule has 124 valence electrons. The summed E-state index contributed by atoms with van der Waals surface area (Å²) in [7, 11) is 0. The minimum atomic E-state index is -0.0566. The van der Waals surface area contributed by atoms with Crippen LogP contribution >= 0.6 is 0 Å². The van der Waals surface area contributed by atoms with Gasteiger partial charge in [0.2, 0.25) is 0 Å². The van der Waals surface area contributed by atoms with Crippen LogP contribution < -0.4 is 0 Å². The van der Waals surface area contributed by atoms with Crippen molar-refractivity contribution < 1.29 is 5.11 Å². The van der Waals surface area contributed by atoms with Gasteiger partial charge >= 0.3 is 0 Å². The zero-order valence-electron chi connectivity index (χ0n) is 16.0. The summed E-state index contributed by atoms with van der Waals surface area (Å²) in [6.07, 6.45) is 3.21. The zero-order valence-corrected chi connectivity index (χ0v) is 16.0. The van der Waals surface area contributed by atoms with Crippen molar-refractivity contribution in [3.05, 3.63) is 40.5 Å². The van der Waals surface area contributed by atoms with Crippen LogP contribution in [0.2, 0.25) is 0 Å². The van der Waals surface area contributed by atoms with Gasteiger partial charge in [-0.15, -0.1) is 0 Å². The van der Waals surface area contributed by atoms with Gasteiger partial charge in [0.15, 0.2) is 0 Å². The number of benzene rings is 1. The predicted octanol–water partition coefficient (Wildman–Crippen LogP) is 6.13. The Morgan fingerprint density at radius 2 is 1.45 bits per heavy atom. The van der Waals surface area contributed by atoms with E-state index in [0.29, 0.717) is 11.7 Å². The van der Waals surface area contributed by atoms with Crippen LogP contribution in [-0.4, -0.2) is 5.11 Å². The molecule has 1 unspecified atom stereocenters. The summed E-state index contributed by atoms with van der Waals surface area (Å²) >= 11 is 0. The average Bonchev–Trinajstić information content (AvgIpc) is 2.36. The molecule has 0 aromatic heterocycles. The molecular weight excluding hydrogens is 268 g/mol. The summed E-state index contributed by atoms with van der Waals surface area (Å²) in [4.78, 5) is 0. The number of phenolic OH excluding ortho intramolecular Hbond substituents is 1. The first-order chi connectivity index (χ1) is 9.87. The summed E-state index contributed by atoms with van der Waals surface area (Å²) in [6.45, 7) is 19.6. The van der Waals surface area contributed by atoms with E-state index >= 15 is 0 Å². The van der Waals surface area contributed by atoms with Gasteiger partial charge in [-0.2, -0.15) is 0 Å². The van der Waals surface area contributed by atoms with Gasteiger partial charge in [-0.05, 0) is 53.7 Å².